The normalized spacial score (nSPS) is 18.0. The summed E-state index contributed by atoms with van der Waals surface area (Å²) in [6.07, 6.45) is 10.4. The lowest BCUT2D eigenvalue weighted by atomic mass is 10.0. The minimum absolute atomic E-state index is 0.352. The van der Waals surface area contributed by atoms with E-state index >= 15 is 0 Å². The van der Waals surface area contributed by atoms with Crippen LogP contribution in [0.2, 0.25) is 10.0 Å². The standard InChI is InChI=1S/C24H27Cl2N5O/c1-2-15-3-4-19(25)21(22(15)26)24(7-8-24)32-20-11-16(12-29-23(20)27)17-13-30-31(14-17)18-5-9-28-10-6-18/h3-4,11-14,18,28H,2,5-10H2,1H3,(H2,27,29). The number of aromatic nitrogens is 3. The smallest absolute Gasteiger partial charge is 0.166 e. The number of pyridine rings is 1. The maximum absolute atomic E-state index is 6.72. The van der Waals surface area contributed by atoms with Gasteiger partial charge in [-0.25, -0.2) is 4.98 Å². The van der Waals surface area contributed by atoms with Crippen LogP contribution in [0.3, 0.4) is 0 Å². The number of anilines is 1. The molecule has 1 aliphatic heterocycles. The number of rotatable bonds is 6. The highest BCUT2D eigenvalue weighted by Gasteiger charge is 2.50. The fourth-order valence-electron chi connectivity index (χ4n) is 4.47. The van der Waals surface area contributed by atoms with Gasteiger partial charge in [0.05, 0.1) is 17.3 Å². The third-order valence-electron chi connectivity index (χ3n) is 6.52. The molecule has 32 heavy (non-hydrogen) atoms. The van der Waals surface area contributed by atoms with Gasteiger partial charge < -0.3 is 15.8 Å². The molecule has 0 unspecified atom stereocenters. The number of benzene rings is 1. The number of hydrogen-bond donors (Lipinski definition) is 2. The van der Waals surface area contributed by atoms with Crippen LogP contribution in [0.15, 0.2) is 36.8 Å². The van der Waals surface area contributed by atoms with E-state index in [0.29, 0.717) is 27.7 Å². The number of piperidine rings is 1. The van der Waals surface area contributed by atoms with Crippen molar-refractivity contribution in [3.8, 4) is 16.9 Å². The maximum Gasteiger partial charge on any atom is 0.166 e. The van der Waals surface area contributed by atoms with Gasteiger partial charge in [-0.15, -0.1) is 0 Å². The first-order valence-electron chi connectivity index (χ1n) is 11.2. The molecule has 1 saturated carbocycles. The molecule has 1 saturated heterocycles. The second-order valence-electron chi connectivity index (χ2n) is 8.64. The van der Waals surface area contributed by atoms with E-state index in [1.165, 1.54) is 0 Å². The molecular weight excluding hydrogens is 445 g/mol. The third kappa shape index (κ3) is 3.96. The zero-order valence-corrected chi connectivity index (χ0v) is 19.6. The van der Waals surface area contributed by atoms with Crippen molar-refractivity contribution >= 4 is 29.0 Å². The Balaban J connectivity index is 1.44. The summed E-state index contributed by atoms with van der Waals surface area (Å²) >= 11 is 13.3. The summed E-state index contributed by atoms with van der Waals surface area (Å²) in [6.45, 7) is 4.12. The lowest BCUT2D eigenvalue weighted by Gasteiger charge is -2.23. The number of ether oxygens (including phenoxy) is 1. The van der Waals surface area contributed by atoms with Gasteiger partial charge in [-0.2, -0.15) is 5.10 Å². The quantitative estimate of drug-likeness (QED) is 0.503. The van der Waals surface area contributed by atoms with E-state index in [4.69, 9.17) is 33.7 Å². The monoisotopic (exact) mass is 471 g/mol. The van der Waals surface area contributed by atoms with E-state index in [0.717, 1.165) is 67.4 Å². The topological polar surface area (TPSA) is 78.0 Å². The van der Waals surface area contributed by atoms with Gasteiger partial charge in [-0.1, -0.05) is 36.2 Å². The summed E-state index contributed by atoms with van der Waals surface area (Å²) in [5.74, 6) is 0.897. The number of nitrogens with one attached hydrogen (secondary N) is 1. The highest BCUT2D eigenvalue weighted by atomic mass is 35.5. The lowest BCUT2D eigenvalue weighted by Crippen LogP contribution is -2.29. The molecule has 1 aliphatic carbocycles. The van der Waals surface area contributed by atoms with Crippen LogP contribution in [-0.4, -0.2) is 27.9 Å². The summed E-state index contributed by atoms with van der Waals surface area (Å²) in [5.41, 5.74) is 9.47. The molecule has 2 aliphatic rings. The Kier molecular flexibility index (Phi) is 5.78. The van der Waals surface area contributed by atoms with Crippen LogP contribution >= 0.6 is 23.2 Å². The molecule has 168 valence electrons. The summed E-state index contributed by atoms with van der Waals surface area (Å²) in [4.78, 5) is 4.40. The molecular formula is C24H27Cl2N5O. The molecule has 8 heteroatoms. The van der Waals surface area contributed by atoms with Gasteiger partial charge in [0, 0.05) is 34.1 Å². The van der Waals surface area contributed by atoms with Gasteiger partial charge in [0.15, 0.2) is 11.6 Å². The van der Waals surface area contributed by atoms with Gasteiger partial charge in [-0.05, 0) is 62.9 Å². The highest BCUT2D eigenvalue weighted by Crippen LogP contribution is 2.55. The van der Waals surface area contributed by atoms with Crippen molar-refractivity contribution in [2.75, 3.05) is 18.8 Å². The largest absolute Gasteiger partial charge is 0.479 e. The van der Waals surface area contributed by atoms with E-state index in [1.54, 1.807) is 6.20 Å². The molecule has 0 bridgehead atoms. The minimum atomic E-state index is -0.562. The third-order valence-corrected chi connectivity index (χ3v) is 7.26. The molecule has 6 nitrogen and oxygen atoms in total. The van der Waals surface area contributed by atoms with Crippen molar-refractivity contribution in [3.63, 3.8) is 0 Å². The van der Waals surface area contributed by atoms with Gasteiger partial charge in [-0.3, -0.25) is 4.68 Å². The van der Waals surface area contributed by atoms with Gasteiger partial charge in [0.2, 0.25) is 0 Å². The summed E-state index contributed by atoms with van der Waals surface area (Å²) in [6, 6.07) is 6.24. The first-order valence-corrected chi connectivity index (χ1v) is 11.9. The van der Waals surface area contributed by atoms with Gasteiger partial charge >= 0.3 is 0 Å². The van der Waals surface area contributed by atoms with E-state index in [2.05, 4.69) is 33.2 Å². The Labute approximate surface area is 198 Å². The number of hydrogen-bond acceptors (Lipinski definition) is 5. The summed E-state index contributed by atoms with van der Waals surface area (Å²) < 4.78 is 8.55. The fourth-order valence-corrected chi connectivity index (χ4v) is 5.31. The van der Waals surface area contributed by atoms with Gasteiger partial charge in [0.1, 0.15) is 5.60 Å². The van der Waals surface area contributed by atoms with E-state index < -0.39 is 5.60 Å². The average Bonchev–Trinajstić information content (AvgIpc) is 3.39. The van der Waals surface area contributed by atoms with Crippen molar-refractivity contribution in [3.05, 3.63) is 58.0 Å². The molecule has 0 amide bonds. The van der Waals surface area contributed by atoms with Crippen LogP contribution < -0.4 is 15.8 Å². The van der Waals surface area contributed by atoms with Crippen molar-refractivity contribution in [1.82, 2.24) is 20.1 Å². The van der Waals surface area contributed by atoms with Crippen LogP contribution in [-0.2, 0) is 12.0 Å². The number of nitrogens with two attached hydrogens (primary N) is 1. The molecule has 5 rings (SSSR count). The van der Waals surface area contributed by atoms with Crippen LogP contribution in [0.25, 0.3) is 11.1 Å². The molecule has 0 atom stereocenters. The van der Waals surface area contributed by atoms with Crippen LogP contribution in [0, 0.1) is 0 Å². The lowest BCUT2D eigenvalue weighted by molar-refractivity contribution is 0.182. The highest BCUT2D eigenvalue weighted by molar-refractivity contribution is 6.36. The zero-order chi connectivity index (χ0) is 22.3. The molecule has 1 aromatic carbocycles. The zero-order valence-electron chi connectivity index (χ0n) is 18.1. The number of aryl methyl sites for hydroxylation is 1. The van der Waals surface area contributed by atoms with Crippen molar-refractivity contribution in [1.29, 1.82) is 0 Å². The Morgan fingerprint density at radius 2 is 1.97 bits per heavy atom. The Morgan fingerprint density at radius 3 is 2.69 bits per heavy atom. The molecule has 3 N–H and O–H groups in total. The first kappa shape index (κ1) is 21.6. The van der Waals surface area contributed by atoms with Gasteiger partial charge in [0.25, 0.3) is 0 Å². The summed E-state index contributed by atoms with van der Waals surface area (Å²) in [5, 5.41) is 9.30. The van der Waals surface area contributed by atoms with E-state index in [9.17, 15) is 0 Å². The van der Waals surface area contributed by atoms with Crippen molar-refractivity contribution < 1.29 is 4.74 Å². The molecule has 3 heterocycles. The fraction of sp³-hybridized carbons (Fsp3) is 0.417. The SMILES string of the molecule is CCc1ccc(Cl)c(C2(Oc3cc(-c4cnn(C5CCNCC5)c4)cnc3N)CC2)c1Cl. The van der Waals surface area contributed by atoms with Crippen LogP contribution in [0.1, 0.15) is 49.8 Å². The molecule has 2 aromatic heterocycles. The molecule has 0 spiro atoms. The number of nitrogens with zero attached hydrogens (tertiary/aromatic N) is 3. The van der Waals surface area contributed by atoms with Crippen LogP contribution in [0.5, 0.6) is 5.75 Å². The number of halogens is 2. The Bertz CT molecular complexity index is 1140. The average molecular weight is 472 g/mol. The second-order valence-corrected chi connectivity index (χ2v) is 9.43. The van der Waals surface area contributed by atoms with Crippen molar-refractivity contribution in [2.24, 2.45) is 0 Å². The Hall–Kier alpha value is -2.28. The predicted molar refractivity (Wildman–Crippen MR) is 128 cm³/mol. The summed E-state index contributed by atoms with van der Waals surface area (Å²) in [7, 11) is 0. The maximum atomic E-state index is 6.72. The predicted octanol–water partition coefficient (Wildman–Crippen LogP) is 5.39. The molecule has 2 fully saturated rings. The molecule has 0 radical (unpaired) electrons. The Morgan fingerprint density at radius 1 is 1.19 bits per heavy atom. The van der Waals surface area contributed by atoms with Crippen LogP contribution in [0.4, 0.5) is 5.82 Å². The number of nitrogen functional groups attached to an aromatic ring is 1. The van der Waals surface area contributed by atoms with Crippen molar-refractivity contribution in [2.45, 2.75) is 50.7 Å². The first-order chi connectivity index (χ1) is 15.5. The van der Waals surface area contributed by atoms with E-state index in [-0.39, 0.29) is 0 Å². The minimum Gasteiger partial charge on any atom is -0.479 e. The second kappa shape index (κ2) is 8.58. The molecule has 3 aromatic rings. The van der Waals surface area contributed by atoms with E-state index in [1.807, 2.05) is 24.4 Å².